The van der Waals surface area contributed by atoms with Crippen LogP contribution in [0.15, 0.2) is 23.8 Å². The molecule has 7 atom stereocenters. The second kappa shape index (κ2) is 11.5. The Balaban J connectivity index is 1.74. The zero-order chi connectivity index (χ0) is 23.3. The van der Waals surface area contributed by atoms with Gasteiger partial charge in [-0.05, 0) is 55.4 Å². The SMILES string of the molecule is CCCC(CCC)C(=O)O[C@H]1C[C@@H](C)C=C2C=C[C@H](C)[C@H](CC[C@@H]3C[C@@H](O)CC(=O)O3)[C@H]21. The van der Waals surface area contributed by atoms with E-state index < -0.39 is 6.10 Å². The van der Waals surface area contributed by atoms with E-state index in [1.807, 2.05) is 0 Å². The highest BCUT2D eigenvalue weighted by molar-refractivity contribution is 5.72. The number of rotatable bonds is 9. The number of carbonyl (C=O) groups excluding carboxylic acids is 2. The molecule has 0 unspecified atom stereocenters. The van der Waals surface area contributed by atoms with E-state index in [1.54, 1.807) is 0 Å². The van der Waals surface area contributed by atoms with Crippen LogP contribution in [0, 0.1) is 29.6 Å². The van der Waals surface area contributed by atoms with Crippen LogP contribution in [-0.4, -0.2) is 35.4 Å². The van der Waals surface area contributed by atoms with Crippen molar-refractivity contribution in [3.63, 3.8) is 0 Å². The molecule has 0 amide bonds. The van der Waals surface area contributed by atoms with Crippen molar-refractivity contribution in [1.82, 2.24) is 0 Å². The Kier molecular flexibility index (Phi) is 8.98. The summed E-state index contributed by atoms with van der Waals surface area (Å²) in [6, 6.07) is 0. The summed E-state index contributed by atoms with van der Waals surface area (Å²) >= 11 is 0. The van der Waals surface area contributed by atoms with E-state index in [1.165, 1.54) is 5.57 Å². The lowest BCUT2D eigenvalue weighted by atomic mass is 9.65. The molecule has 32 heavy (non-hydrogen) atoms. The first-order valence-electron chi connectivity index (χ1n) is 12.8. The maximum Gasteiger partial charge on any atom is 0.309 e. The van der Waals surface area contributed by atoms with Crippen molar-refractivity contribution in [2.45, 2.75) is 104 Å². The Bertz CT molecular complexity index is 705. The zero-order valence-electron chi connectivity index (χ0n) is 20.3. The summed E-state index contributed by atoms with van der Waals surface area (Å²) in [4.78, 5) is 24.8. The molecule has 3 aliphatic rings. The number of fused-ring (bicyclic) bond motifs is 1. The lowest BCUT2D eigenvalue weighted by Crippen LogP contribution is -2.42. The van der Waals surface area contributed by atoms with Crippen molar-refractivity contribution in [2.24, 2.45) is 29.6 Å². The number of ether oxygens (including phenoxy) is 2. The molecule has 0 aromatic carbocycles. The molecule has 0 spiro atoms. The summed E-state index contributed by atoms with van der Waals surface area (Å²) in [5.74, 6) is 0.904. The van der Waals surface area contributed by atoms with E-state index in [0.29, 0.717) is 24.2 Å². The lowest BCUT2D eigenvalue weighted by Gasteiger charge is -2.43. The molecule has 5 heteroatoms. The van der Waals surface area contributed by atoms with Crippen LogP contribution >= 0.6 is 0 Å². The number of cyclic esters (lactones) is 1. The van der Waals surface area contributed by atoms with Crippen LogP contribution in [0.2, 0.25) is 0 Å². The van der Waals surface area contributed by atoms with Crippen LogP contribution in [0.4, 0.5) is 0 Å². The van der Waals surface area contributed by atoms with Crippen LogP contribution < -0.4 is 0 Å². The van der Waals surface area contributed by atoms with Crippen molar-refractivity contribution >= 4 is 11.9 Å². The normalized spacial score (nSPS) is 34.6. The van der Waals surface area contributed by atoms with Gasteiger partial charge in [0.1, 0.15) is 12.2 Å². The van der Waals surface area contributed by atoms with Gasteiger partial charge in [-0.1, -0.05) is 58.8 Å². The van der Waals surface area contributed by atoms with Crippen molar-refractivity contribution in [1.29, 1.82) is 0 Å². The van der Waals surface area contributed by atoms with E-state index in [9.17, 15) is 14.7 Å². The third kappa shape index (κ3) is 6.24. The largest absolute Gasteiger partial charge is 0.462 e. The molecule has 180 valence electrons. The van der Waals surface area contributed by atoms with Crippen LogP contribution in [-0.2, 0) is 19.1 Å². The van der Waals surface area contributed by atoms with Crippen molar-refractivity contribution in [3.05, 3.63) is 23.8 Å². The molecule has 1 N–H and O–H groups in total. The summed E-state index contributed by atoms with van der Waals surface area (Å²) in [5, 5.41) is 9.96. The van der Waals surface area contributed by atoms with Gasteiger partial charge in [-0.15, -0.1) is 0 Å². The monoisotopic (exact) mass is 446 g/mol. The second-order valence-corrected chi connectivity index (χ2v) is 10.3. The molecular weight excluding hydrogens is 404 g/mol. The topological polar surface area (TPSA) is 72.8 Å². The van der Waals surface area contributed by atoms with E-state index in [0.717, 1.165) is 44.9 Å². The fourth-order valence-corrected chi connectivity index (χ4v) is 5.96. The number of esters is 2. The zero-order valence-corrected chi connectivity index (χ0v) is 20.3. The van der Waals surface area contributed by atoms with E-state index in [-0.39, 0.29) is 42.4 Å². The van der Waals surface area contributed by atoms with Gasteiger partial charge in [0.2, 0.25) is 0 Å². The Morgan fingerprint density at radius 3 is 2.56 bits per heavy atom. The molecule has 5 nitrogen and oxygen atoms in total. The molecule has 1 aliphatic heterocycles. The highest BCUT2D eigenvalue weighted by Crippen LogP contribution is 2.45. The molecule has 1 heterocycles. The molecular formula is C27H42O5. The van der Waals surface area contributed by atoms with Gasteiger partial charge in [-0.2, -0.15) is 0 Å². The first kappa shape index (κ1) is 25.0. The molecule has 0 aromatic rings. The Morgan fingerprint density at radius 1 is 1.19 bits per heavy atom. The van der Waals surface area contributed by atoms with Gasteiger partial charge in [0.05, 0.1) is 18.4 Å². The predicted octanol–water partition coefficient (Wildman–Crippen LogP) is 5.37. The minimum Gasteiger partial charge on any atom is -0.462 e. The average molecular weight is 447 g/mol. The van der Waals surface area contributed by atoms with E-state index in [4.69, 9.17) is 9.47 Å². The van der Waals surface area contributed by atoms with Crippen LogP contribution in [0.25, 0.3) is 0 Å². The van der Waals surface area contributed by atoms with Gasteiger partial charge in [0, 0.05) is 12.3 Å². The van der Waals surface area contributed by atoms with Gasteiger partial charge in [0.15, 0.2) is 0 Å². The number of aliphatic hydroxyl groups is 1. The lowest BCUT2D eigenvalue weighted by molar-refractivity contribution is -0.162. The highest BCUT2D eigenvalue weighted by Gasteiger charge is 2.42. The molecule has 1 saturated heterocycles. The predicted molar refractivity (Wildman–Crippen MR) is 125 cm³/mol. The number of allylic oxidation sites excluding steroid dienone is 3. The molecule has 0 bridgehead atoms. The van der Waals surface area contributed by atoms with E-state index >= 15 is 0 Å². The fourth-order valence-electron chi connectivity index (χ4n) is 5.96. The Labute approximate surface area is 193 Å². The van der Waals surface area contributed by atoms with Crippen LogP contribution in [0.1, 0.15) is 85.5 Å². The number of aliphatic hydroxyl groups excluding tert-OH is 1. The maximum atomic E-state index is 13.1. The first-order valence-corrected chi connectivity index (χ1v) is 12.8. The number of hydrogen-bond donors (Lipinski definition) is 1. The van der Waals surface area contributed by atoms with Gasteiger partial charge >= 0.3 is 11.9 Å². The van der Waals surface area contributed by atoms with Crippen LogP contribution in [0.3, 0.4) is 0 Å². The summed E-state index contributed by atoms with van der Waals surface area (Å²) in [5.41, 5.74) is 1.29. The summed E-state index contributed by atoms with van der Waals surface area (Å²) in [6.07, 6.45) is 12.7. The number of carbonyl (C=O) groups is 2. The average Bonchev–Trinajstić information content (AvgIpc) is 2.72. The Morgan fingerprint density at radius 2 is 1.91 bits per heavy atom. The first-order chi connectivity index (χ1) is 15.3. The molecule has 0 aromatic heterocycles. The van der Waals surface area contributed by atoms with Crippen molar-refractivity contribution in [2.75, 3.05) is 0 Å². The standard InChI is InChI=1S/C27H42O5/c1-5-7-19(8-6-2)27(30)32-24-14-17(3)13-20-10-9-18(4)23(26(20)24)12-11-22-15-21(28)16-25(29)31-22/h9-10,13,17-19,21-24,26,28H,5-8,11-12,14-16H2,1-4H3/t17-,18-,21+,22+,23-,24-,26-/m0/s1. The summed E-state index contributed by atoms with van der Waals surface area (Å²) in [6.45, 7) is 8.67. The van der Waals surface area contributed by atoms with Crippen molar-refractivity contribution < 1.29 is 24.2 Å². The third-order valence-corrected chi connectivity index (χ3v) is 7.53. The van der Waals surface area contributed by atoms with Gasteiger partial charge < -0.3 is 14.6 Å². The molecule has 3 rings (SSSR count). The smallest absolute Gasteiger partial charge is 0.309 e. The maximum absolute atomic E-state index is 13.1. The number of hydrogen-bond acceptors (Lipinski definition) is 5. The van der Waals surface area contributed by atoms with E-state index in [2.05, 4.69) is 45.9 Å². The quantitative estimate of drug-likeness (QED) is 0.482. The minimum atomic E-state index is -0.598. The van der Waals surface area contributed by atoms with Gasteiger partial charge in [-0.3, -0.25) is 9.59 Å². The molecule has 0 radical (unpaired) electrons. The molecule has 2 aliphatic carbocycles. The molecule has 0 saturated carbocycles. The summed E-state index contributed by atoms with van der Waals surface area (Å²) in [7, 11) is 0. The fraction of sp³-hybridized carbons (Fsp3) is 0.778. The highest BCUT2D eigenvalue weighted by atomic mass is 16.5. The third-order valence-electron chi connectivity index (χ3n) is 7.53. The van der Waals surface area contributed by atoms with Gasteiger partial charge in [-0.25, -0.2) is 0 Å². The van der Waals surface area contributed by atoms with Crippen molar-refractivity contribution in [3.8, 4) is 0 Å². The Hall–Kier alpha value is -1.62. The second-order valence-electron chi connectivity index (χ2n) is 10.3. The summed E-state index contributed by atoms with van der Waals surface area (Å²) < 4.78 is 11.8. The van der Waals surface area contributed by atoms with Crippen LogP contribution in [0.5, 0.6) is 0 Å². The van der Waals surface area contributed by atoms with Gasteiger partial charge in [0.25, 0.3) is 0 Å². The molecule has 1 fully saturated rings. The minimum absolute atomic E-state index is 0.00666.